The highest BCUT2D eigenvalue weighted by Gasteiger charge is 2.38. The van der Waals surface area contributed by atoms with Crippen LogP contribution in [-0.2, 0) is 16.1 Å². The van der Waals surface area contributed by atoms with Crippen LogP contribution in [0.15, 0.2) is 24.3 Å². The lowest BCUT2D eigenvalue weighted by Gasteiger charge is -2.36. The van der Waals surface area contributed by atoms with Crippen LogP contribution in [0.25, 0.3) is 0 Å². The first-order valence-corrected chi connectivity index (χ1v) is 10.00. The third kappa shape index (κ3) is 4.80. The third-order valence-corrected chi connectivity index (χ3v) is 5.46. The first-order valence-electron chi connectivity index (χ1n) is 10.00. The van der Waals surface area contributed by atoms with Crippen molar-refractivity contribution in [1.82, 2.24) is 14.7 Å². The molecule has 2 saturated heterocycles. The zero-order valence-electron chi connectivity index (χ0n) is 16.7. The van der Waals surface area contributed by atoms with Gasteiger partial charge in [0.05, 0.1) is 12.5 Å². The molecule has 0 aliphatic carbocycles. The van der Waals surface area contributed by atoms with Crippen molar-refractivity contribution in [3.8, 4) is 5.75 Å². The monoisotopic (exact) mass is 373 g/mol. The molecule has 0 bridgehead atoms. The lowest BCUT2D eigenvalue weighted by atomic mass is 10.1. The molecule has 6 heteroatoms. The van der Waals surface area contributed by atoms with Crippen molar-refractivity contribution in [3.05, 3.63) is 29.8 Å². The molecule has 1 aromatic carbocycles. The van der Waals surface area contributed by atoms with Gasteiger partial charge < -0.3 is 14.5 Å². The van der Waals surface area contributed by atoms with Crippen molar-refractivity contribution >= 4 is 11.8 Å². The minimum atomic E-state index is -0.169. The third-order valence-electron chi connectivity index (χ3n) is 5.46. The standard InChI is InChI=1S/C21H31N3O3/c1-4-27-19-7-5-17(6-8-19)14-22-9-11-23(12-10-22)21(26)18-13-20(25)24(15-18)16(2)3/h5-8,16,18H,4,9-15H2,1-3H3/t18-/m1/s1. The van der Waals surface area contributed by atoms with E-state index < -0.39 is 0 Å². The lowest BCUT2D eigenvalue weighted by Crippen LogP contribution is -2.50. The van der Waals surface area contributed by atoms with E-state index in [0.717, 1.165) is 38.5 Å². The second kappa shape index (κ2) is 8.74. The summed E-state index contributed by atoms with van der Waals surface area (Å²) in [5.74, 6) is 0.987. The van der Waals surface area contributed by atoms with E-state index in [0.29, 0.717) is 19.6 Å². The molecule has 2 aliphatic heterocycles. The van der Waals surface area contributed by atoms with Crippen LogP contribution in [0.4, 0.5) is 0 Å². The van der Waals surface area contributed by atoms with Crippen molar-refractivity contribution in [2.75, 3.05) is 39.3 Å². The zero-order valence-corrected chi connectivity index (χ0v) is 16.7. The van der Waals surface area contributed by atoms with Gasteiger partial charge in [-0.05, 0) is 38.5 Å². The van der Waals surface area contributed by atoms with Crippen LogP contribution in [0.5, 0.6) is 5.75 Å². The summed E-state index contributed by atoms with van der Waals surface area (Å²) in [5.41, 5.74) is 1.26. The van der Waals surface area contributed by atoms with Gasteiger partial charge in [0.15, 0.2) is 0 Å². The quantitative estimate of drug-likeness (QED) is 0.765. The van der Waals surface area contributed by atoms with Gasteiger partial charge >= 0.3 is 0 Å². The lowest BCUT2D eigenvalue weighted by molar-refractivity contribution is -0.137. The molecular weight excluding hydrogens is 342 g/mol. The molecule has 2 amide bonds. The van der Waals surface area contributed by atoms with Gasteiger partial charge in [-0.25, -0.2) is 0 Å². The number of rotatable bonds is 6. The molecular formula is C21H31N3O3. The normalized spacial score (nSPS) is 21.2. The summed E-state index contributed by atoms with van der Waals surface area (Å²) in [5, 5.41) is 0. The SMILES string of the molecule is CCOc1ccc(CN2CCN(C(=O)[C@@H]3CC(=O)N(C(C)C)C3)CC2)cc1. The smallest absolute Gasteiger partial charge is 0.228 e. The Morgan fingerprint density at radius 2 is 1.81 bits per heavy atom. The van der Waals surface area contributed by atoms with E-state index >= 15 is 0 Å². The fourth-order valence-corrected chi connectivity index (χ4v) is 3.90. The van der Waals surface area contributed by atoms with E-state index in [-0.39, 0.29) is 23.8 Å². The Kier molecular flexibility index (Phi) is 6.37. The van der Waals surface area contributed by atoms with E-state index in [1.54, 1.807) is 0 Å². The van der Waals surface area contributed by atoms with Gasteiger partial charge in [0.1, 0.15) is 5.75 Å². The number of hydrogen-bond donors (Lipinski definition) is 0. The number of likely N-dealkylation sites (tertiary alicyclic amines) is 1. The Morgan fingerprint density at radius 3 is 2.37 bits per heavy atom. The maximum absolute atomic E-state index is 12.8. The Hall–Kier alpha value is -2.08. The molecule has 0 radical (unpaired) electrons. The van der Waals surface area contributed by atoms with Crippen molar-refractivity contribution in [1.29, 1.82) is 0 Å². The first-order chi connectivity index (χ1) is 13.0. The maximum atomic E-state index is 12.8. The second-order valence-electron chi connectivity index (χ2n) is 7.72. The Bertz CT molecular complexity index is 651. The molecule has 0 saturated carbocycles. The van der Waals surface area contributed by atoms with Crippen LogP contribution in [0, 0.1) is 5.92 Å². The van der Waals surface area contributed by atoms with Crippen molar-refractivity contribution in [2.45, 2.75) is 39.8 Å². The average molecular weight is 373 g/mol. The summed E-state index contributed by atoms with van der Waals surface area (Å²) < 4.78 is 5.48. The highest BCUT2D eigenvalue weighted by atomic mass is 16.5. The number of benzene rings is 1. The average Bonchev–Trinajstić information content (AvgIpc) is 3.06. The number of ether oxygens (including phenoxy) is 1. The number of hydrogen-bond acceptors (Lipinski definition) is 4. The molecule has 0 aromatic heterocycles. The Labute approximate surface area is 162 Å². The number of piperazine rings is 1. The fourth-order valence-electron chi connectivity index (χ4n) is 3.90. The summed E-state index contributed by atoms with van der Waals surface area (Å²) in [6.07, 6.45) is 0.364. The topological polar surface area (TPSA) is 53.1 Å². The van der Waals surface area contributed by atoms with E-state index in [9.17, 15) is 9.59 Å². The van der Waals surface area contributed by atoms with Gasteiger partial charge in [-0.15, -0.1) is 0 Å². The summed E-state index contributed by atoms with van der Waals surface area (Å²) in [4.78, 5) is 31.0. The predicted octanol–water partition coefficient (Wildman–Crippen LogP) is 1.99. The Morgan fingerprint density at radius 1 is 1.15 bits per heavy atom. The number of amides is 2. The summed E-state index contributed by atoms with van der Waals surface area (Å²) in [6, 6.07) is 8.40. The van der Waals surface area contributed by atoms with Crippen LogP contribution in [0.3, 0.4) is 0 Å². The van der Waals surface area contributed by atoms with Crippen LogP contribution in [0.2, 0.25) is 0 Å². The van der Waals surface area contributed by atoms with Crippen LogP contribution in [-0.4, -0.2) is 71.9 Å². The van der Waals surface area contributed by atoms with Crippen molar-refractivity contribution in [2.24, 2.45) is 5.92 Å². The highest BCUT2D eigenvalue weighted by molar-refractivity contribution is 5.89. The largest absolute Gasteiger partial charge is 0.494 e. The van der Waals surface area contributed by atoms with Gasteiger partial charge in [0, 0.05) is 51.7 Å². The second-order valence-corrected chi connectivity index (χ2v) is 7.72. The van der Waals surface area contributed by atoms with Crippen LogP contribution >= 0.6 is 0 Å². The predicted molar refractivity (Wildman–Crippen MR) is 104 cm³/mol. The Balaban J connectivity index is 1.47. The summed E-state index contributed by atoms with van der Waals surface area (Å²) in [6.45, 7) is 11.3. The molecule has 1 aromatic rings. The van der Waals surface area contributed by atoms with Gasteiger partial charge in [0.2, 0.25) is 11.8 Å². The summed E-state index contributed by atoms with van der Waals surface area (Å²) in [7, 11) is 0. The van der Waals surface area contributed by atoms with Crippen molar-refractivity contribution in [3.63, 3.8) is 0 Å². The highest BCUT2D eigenvalue weighted by Crippen LogP contribution is 2.23. The minimum absolute atomic E-state index is 0.109. The number of carbonyl (C=O) groups is 2. The molecule has 6 nitrogen and oxygen atoms in total. The van der Waals surface area contributed by atoms with E-state index in [4.69, 9.17) is 4.74 Å². The van der Waals surface area contributed by atoms with E-state index in [1.165, 1.54) is 5.56 Å². The molecule has 2 aliphatic rings. The summed E-state index contributed by atoms with van der Waals surface area (Å²) >= 11 is 0. The molecule has 0 N–H and O–H groups in total. The molecule has 3 rings (SSSR count). The maximum Gasteiger partial charge on any atom is 0.228 e. The molecule has 1 atom stereocenters. The van der Waals surface area contributed by atoms with E-state index in [1.807, 2.05) is 42.7 Å². The molecule has 27 heavy (non-hydrogen) atoms. The molecule has 0 spiro atoms. The molecule has 2 heterocycles. The van der Waals surface area contributed by atoms with Gasteiger partial charge in [-0.3, -0.25) is 14.5 Å². The van der Waals surface area contributed by atoms with Gasteiger partial charge in [-0.2, -0.15) is 0 Å². The van der Waals surface area contributed by atoms with Crippen LogP contribution in [0.1, 0.15) is 32.8 Å². The molecule has 2 fully saturated rings. The zero-order chi connectivity index (χ0) is 19.4. The molecule has 0 unspecified atom stereocenters. The number of carbonyl (C=O) groups excluding carboxylic acids is 2. The van der Waals surface area contributed by atoms with Gasteiger partial charge in [0.25, 0.3) is 0 Å². The van der Waals surface area contributed by atoms with Gasteiger partial charge in [-0.1, -0.05) is 12.1 Å². The van der Waals surface area contributed by atoms with Crippen LogP contribution < -0.4 is 4.74 Å². The van der Waals surface area contributed by atoms with Crippen molar-refractivity contribution < 1.29 is 14.3 Å². The molecule has 148 valence electrons. The fraction of sp³-hybridized carbons (Fsp3) is 0.619. The number of nitrogens with zero attached hydrogens (tertiary/aromatic N) is 3. The first kappa shape index (κ1) is 19.7. The minimum Gasteiger partial charge on any atom is -0.494 e. The van der Waals surface area contributed by atoms with E-state index in [2.05, 4.69) is 17.0 Å².